The van der Waals surface area contributed by atoms with Gasteiger partial charge in [0.25, 0.3) is 0 Å². The maximum atomic E-state index is 10.1. The summed E-state index contributed by atoms with van der Waals surface area (Å²) in [6.07, 6.45) is 7.62. The van der Waals surface area contributed by atoms with Gasteiger partial charge in [0.1, 0.15) is 0 Å². The smallest absolute Gasteiger partial charge is 0.171 e. The number of aromatic hydroxyl groups is 1. The van der Waals surface area contributed by atoms with Crippen molar-refractivity contribution in [2.75, 3.05) is 11.9 Å². The summed E-state index contributed by atoms with van der Waals surface area (Å²) in [4.78, 5) is 4.65. The van der Waals surface area contributed by atoms with Crippen LogP contribution >= 0.6 is 22.6 Å². The number of aliphatic imine (C=N–C) groups is 1. The molecule has 0 saturated heterocycles. The number of nitrogens with zero attached hydrogens (tertiary/aromatic N) is 1. The maximum absolute atomic E-state index is 10.1. The van der Waals surface area contributed by atoms with Gasteiger partial charge in [-0.05, 0) is 95.8 Å². The summed E-state index contributed by atoms with van der Waals surface area (Å²) in [5.74, 6) is 1.67. The van der Waals surface area contributed by atoms with Crippen molar-refractivity contribution >= 4 is 40.2 Å². The van der Waals surface area contributed by atoms with E-state index < -0.39 is 0 Å². The number of fused-ring (bicyclic) bond motifs is 3. The molecule has 2 N–H and O–H groups in total. The first kappa shape index (κ1) is 22.0. The van der Waals surface area contributed by atoms with Gasteiger partial charge in [0.15, 0.2) is 11.5 Å². The monoisotopic (exact) mass is 550 g/mol. The number of phenols is 1. The molecular weight excluding hydrogens is 523 g/mol. The van der Waals surface area contributed by atoms with E-state index in [2.05, 4.69) is 94.4 Å². The maximum Gasteiger partial charge on any atom is 0.171 e. The molecule has 0 fully saturated rings. The van der Waals surface area contributed by atoms with Gasteiger partial charge in [-0.15, -0.1) is 0 Å². The third-order valence-corrected chi connectivity index (χ3v) is 7.31. The highest BCUT2D eigenvalue weighted by molar-refractivity contribution is 14.1. The van der Waals surface area contributed by atoms with Crippen molar-refractivity contribution in [3.05, 3.63) is 92.6 Å². The average Bonchev–Trinajstić information content (AvgIpc) is 3.31. The zero-order valence-corrected chi connectivity index (χ0v) is 20.9. The largest absolute Gasteiger partial charge is 0.504 e. The van der Waals surface area contributed by atoms with Crippen LogP contribution in [0.3, 0.4) is 0 Å². The minimum Gasteiger partial charge on any atom is -0.504 e. The topological polar surface area (TPSA) is 53.8 Å². The number of hydrogen-bond donors (Lipinski definition) is 2. The first-order valence-corrected chi connectivity index (χ1v) is 12.4. The number of phenolic OH excluding ortho intramolecular Hbond substituents is 1. The number of nitrogens with one attached hydrogen (secondary N) is 1. The third kappa shape index (κ3) is 4.38. The molecule has 5 rings (SSSR count). The van der Waals surface area contributed by atoms with Gasteiger partial charge < -0.3 is 15.2 Å². The Morgan fingerprint density at radius 1 is 1.15 bits per heavy atom. The van der Waals surface area contributed by atoms with Crippen LogP contribution in [0.5, 0.6) is 11.5 Å². The van der Waals surface area contributed by atoms with Crippen LogP contribution in [-0.4, -0.2) is 17.9 Å². The quantitative estimate of drug-likeness (QED) is 0.200. The fourth-order valence-electron chi connectivity index (χ4n) is 4.89. The highest BCUT2D eigenvalue weighted by atomic mass is 127. The van der Waals surface area contributed by atoms with Crippen LogP contribution in [0.1, 0.15) is 47.6 Å². The van der Waals surface area contributed by atoms with E-state index >= 15 is 0 Å². The number of rotatable bonds is 5. The van der Waals surface area contributed by atoms with E-state index in [-0.39, 0.29) is 11.8 Å². The van der Waals surface area contributed by atoms with Crippen LogP contribution in [0, 0.1) is 16.4 Å². The lowest BCUT2D eigenvalue weighted by molar-refractivity contribution is 0.317. The molecule has 5 heteroatoms. The number of halogens is 1. The van der Waals surface area contributed by atoms with Crippen LogP contribution in [0.4, 0.5) is 11.4 Å². The van der Waals surface area contributed by atoms with Gasteiger partial charge in [0.05, 0.1) is 21.9 Å². The Bertz CT molecular complexity index is 1230. The number of ether oxygens (including phenoxy) is 1. The minimum absolute atomic E-state index is 0.176. The molecule has 0 bridgehead atoms. The molecule has 168 valence electrons. The molecule has 1 heterocycles. The van der Waals surface area contributed by atoms with Gasteiger partial charge in [-0.2, -0.15) is 0 Å². The third-order valence-electron chi connectivity index (χ3n) is 6.48. The number of aryl methyl sites for hydroxylation is 1. The predicted octanol–water partition coefficient (Wildman–Crippen LogP) is 7.28. The molecule has 0 saturated carbocycles. The highest BCUT2D eigenvalue weighted by Gasteiger charge is 2.37. The predicted molar refractivity (Wildman–Crippen MR) is 143 cm³/mol. The number of benzene rings is 3. The average molecular weight is 550 g/mol. The number of hydrogen-bond acceptors (Lipinski definition) is 4. The van der Waals surface area contributed by atoms with Crippen molar-refractivity contribution < 1.29 is 9.84 Å². The summed E-state index contributed by atoms with van der Waals surface area (Å²) in [5, 5.41) is 13.9. The van der Waals surface area contributed by atoms with Gasteiger partial charge in [0, 0.05) is 17.8 Å². The first-order valence-electron chi connectivity index (χ1n) is 11.4. The molecule has 2 aliphatic rings. The standard InChI is InChI=1S/C28H27IN2O2/c1-3-33-26-15-18(14-24(29)28(26)32)16-30-20-10-8-19(9-11-20)27-22-6-4-5-21(22)23-13-17(2)7-12-25(23)31-27/h4-5,7-16,21-22,27,31-32H,3,6H2,1-2H3/t21-,22+,27-/m0/s1. The molecule has 0 aromatic heterocycles. The van der Waals surface area contributed by atoms with Crippen LogP contribution < -0.4 is 10.1 Å². The fourth-order valence-corrected chi connectivity index (χ4v) is 5.52. The molecule has 1 aliphatic heterocycles. The molecule has 0 spiro atoms. The van der Waals surface area contributed by atoms with E-state index in [1.165, 1.54) is 22.4 Å². The van der Waals surface area contributed by atoms with Crippen molar-refractivity contribution in [2.24, 2.45) is 10.9 Å². The van der Waals surface area contributed by atoms with Gasteiger partial charge in [0.2, 0.25) is 0 Å². The lowest BCUT2D eigenvalue weighted by Crippen LogP contribution is -2.29. The summed E-state index contributed by atoms with van der Waals surface area (Å²) < 4.78 is 6.27. The van der Waals surface area contributed by atoms with Crippen LogP contribution in [0.25, 0.3) is 0 Å². The zero-order chi connectivity index (χ0) is 22.9. The Labute approximate surface area is 208 Å². The van der Waals surface area contributed by atoms with Gasteiger partial charge in [-0.3, -0.25) is 4.99 Å². The Kier molecular flexibility index (Phi) is 6.15. The zero-order valence-electron chi connectivity index (χ0n) is 18.8. The summed E-state index contributed by atoms with van der Waals surface area (Å²) in [7, 11) is 0. The lowest BCUT2D eigenvalue weighted by Gasteiger charge is -2.37. The van der Waals surface area contributed by atoms with Crippen LogP contribution in [0.15, 0.2) is 71.7 Å². The number of allylic oxidation sites excluding steroid dienone is 2. The molecule has 1 aliphatic carbocycles. The molecule has 33 heavy (non-hydrogen) atoms. The molecule has 3 aromatic carbocycles. The Hall–Kier alpha value is -2.80. The normalized spacial score (nSPS) is 21.0. The summed E-state index contributed by atoms with van der Waals surface area (Å²) in [6, 6.07) is 19.2. The lowest BCUT2D eigenvalue weighted by atomic mass is 9.76. The molecule has 3 aromatic rings. The first-order chi connectivity index (χ1) is 16.0. The van der Waals surface area contributed by atoms with Crippen LogP contribution in [-0.2, 0) is 0 Å². The van der Waals surface area contributed by atoms with E-state index in [9.17, 15) is 5.11 Å². The molecule has 0 radical (unpaired) electrons. The van der Waals surface area contributed by atoms with Gasteiger partial charge >= 0.3 is 0 Å². The van der Waals surface area contributed by atoms with Gasteiger partial charge in [-0.1, -0.05) is 42.0 Å². The molecule has 4 nitrogen and oxygen atoms in total. The van der Waals surface area contributed by atoms with Crippen molar-refractivity contribution in [1.82, 2.24) is 0 Å². The highest BCUT2D eigenvalue weighted by Crippen LogP contribution is 2.50. The summed E-state index contributed by atoms with van der Waals surface area (Å²) in [6.45, 7) is 4.57. The SMILES string of the molecule is CCOc1cc(C=Nc2ccc([C@@H]3Nc4ccc(C)cc4[C@H]4C=CC[C@H]43)cc2)cc(I)c1O. The number of anilines is 1. The summed E-state index contributed by atoms with van der Waals surface area (Å²) >= 11 is 2.11. The molecule has 0 amide bonds. The molecular formula is C28H27IN2O2. The van der Waals surface area contributed by atoms with Crippen LogP contribution in [0.2, 0.25) is 0 Å². The molecule has 3 atom stereocenters. The Morgan fingerprint density at radius 3 is 2.76 bits per heavy atom. The minimum atomic E-state index is 0.176. The Morgan fingerprint density at radius 2 is 1.97 bits per heavy atom. The van der Waals surface area contributed by atoms with E-state index in [1.807, 2.05) is 25.3 Å². The molecule has 0 unspecified atom stereocenters. The van der Waals surface area contributed by atoms with Crippen molar-refractivity contribution in [3.8, 4) is 11.5 Å². The van der Waals surface area contributed by atoms with Crippen molar-refractivity contribution in [1.29, 1.82) is 0 Å². The van der Waals surface area contributed by atoms with E-state index in [0.29, 0.717) is 24.2 Å². The van der Waals surface area contributed by atoms with Crippen molar-refractivity contribution in [3.63, 3.8) is 0 Å². The second kappa shape index (κ2) is 9.21. The Balaban J connectivity index is 1.37. The summed E-state index contributed by atoms with van der Waals surface area (Å²) in [5.41, 5.74) is 7.05. The van der Waals surface area contributed by atoms with Crippen molar-refractivity contribution in [2.45, 2.75) is 32.2 Å². The second-order valence-corrected chi connectivity index (χ2v) is 9.86. The van der Waals surface area contributed by atoms with Gasteiger partial charge in [-0.25, -0.2) is 0 Å². The van der Waals surface area contributed by atoms with E-state index in [1.54, 1.807) is 0 Å². The fraction of sp³-hybridized carbons (Fsp3) is 0.250. The van der Waals surface area contributed by atoms with E-state index in [0.717, 1.165) is 21.2 Å². The second-order valence-electron chi connectivity index (χ2n) is 8.70. The van der Waals surface area contributed by atoms with E-state index in [4.69, 9.17) is 4.74 Å².